The van der Waals surface area contributed by atoms with Gasteiger partial charge in [-0.05, 0) is 50.2 Å². The first kappa shape index (κ1) is 20.7. The molecule has 1 saturated heterocycles. The van der Waals surface area contributed by atoms with E-state index in [0.29, 0.717) is 24.7 Å². The molecule has 0 saturated carbocycles. The topological polar surface area (TPSA) is 99.9 Å². The highest BCUT2D eigenvalue weighted by Gasteiger charge is 2.33. The number of fused-ring (bicyclic) bond motifs is 1. The molecule has 2 aliphatic rings. The number of hydrogen-bond acceptors (Lipinski definition) is 7. The third-order valence-corrected chi connectivity index (χ3v) is 6.47. The number of nitrogens with zero attached hydrogens (tertiary/aromatic N) is 4. The van der Waals surface area contributed by atoms with Gasteiger partial charge < -0.3 is 14.6 Å². The van der Waals surface area contributed by atoms with E-state index in [-0.39, 0.29) is 11.8 Å². The minimum Gasteiger partial charge on any atom is -0.469 e. The molecule has 0 radical (unpaired) electrons. The van der Waals surface area contributed by atoms with Gasteiger partial charge in [0.2, 0.25) is 5.95 Å². The number of aromatic nitrogens is 4. The molecule has 3 aromatic rings. The van der Waals surface area contributed by atoms with E-state index in [2.05, 4.69) is 34.3 Å². The zero-order valence-electron chi connectivity index (χ0n) is 18.7. The van der Waals surface area contributed by atoms with Gasteiger partial charge >= 0.3 is 0 Å². The number of furan rings is 1. The van der Waals surface area contributed by atoms with Crippen molar-refractivity contribution in [3.05, 3.63) is 47.2 Å². The summed E-state index contributed by atoms with van der Waals surface area (Å²) < 4.78 is 5.39. The standard InChI is InChI=1S/C24H30N6O2/c1-15(2)19-14-22(29-28-19)26-23-17-7-3-8-18(17)25-24(27-23)30-12-4-9-20(30)21(31)11-10-16-6-5-13-32-16/h5-6,13-15,20H,3-4,7-12H2,1-2H3,(H2,25,26,27,28,29). The molecule has 5 rings (SSSR count). The maximum Gasteiger partial charge on any atom is 0.228 e. The predicted molar refractivity (Wildman–Crippen MR) is 122 cm³/mol. The second-order valence-corrected chi connectivity index (χ2v) is 9.04. The fourth-order valence-corrected chi connectivity index (χ4v) is 4.68. The van der Waals surface area contributed by atoms with E-state index < -0.39 is 0 Å². The summed E-state index contributed by atoms with van der Waals surface area (Å²) in [5, 5.41) is 10.9. The van der Waals surface area contributed by atoms with E-state index in [4.69, 9.17) is 14.4 Å². The fourth-order valence-electron chi connectivity index (χ4n) is 4.68. The molecule has 3 aromatic heterocycles. The molecule has 0 spiro atoms. The highest BCUT2D eigenvalue weighted by Crippen LogP contribution is 2.33. The van der Waals surface area contributed by atoms with Crippen molar-refractivity contribution < 1.29 is 9.21 Å². The van der Waals surface area contributed by atoms with Gasteiger partial charge in [-0.15, -0.1) is 0 Å². The summed E-state index contributed by atoms with van der Waals surface area (Å²) >= 11 is 0. The van der Waals surface area contributed by atoms with Gasteiger partial charge in [-0.3, -0.25) is 9.89 Å². The largest absolute Gasteiger partial charge is 0.469 e. The zero-order valence-corrected chi connectivity index (χ0v) is 18.7. The van der Waals surface area contributed by atoms with Gasteiger partial charge in [-0.1, -0.05) is 13.8 Å². The number of H-pyrrole nitrogens is 1. The molecule has 1 aliphatic carbocycles. The van der Waals surface area contributed by atoms with Crippen LogP contribution in [0.5, 0.6) is 0 Å². The van der Waals surface area contributed by atoms with Crippen LogP contribution in [0.2, 0.25) is 0 Å². The predicted octanol–water partition coefficient (Wildman–Crippen LogP) is 4.32. The first-order chi connectivity index (χ1) is 15.6. The Bertz CT molecular complexity index is 1090. The van der Waals surface area contributed by atoms with Crippen molar-refractivity contribution in [1.29, 1.82) is 0 Å². The lowest BCUT2D eigenvalue weighted by molar-refractivity contribution is -0.120. The van der Waals surface area contributed by atoms with Gasteiger partial charge in [0.1, 0.15) is 11.6 Å². The Balaban J connectivity index is 1.37. The molecule has 0 amide bonds. The van der Waals surface area contributed by atoms with Crippen molar-refractivity contribution in [2.45, 2.75) is 70.8 Å². The van der Waals surface area contributed by atoms with Crippen molar-refractivity contribution in [3.63, 3.8) is 0 Å². The monoisotopic (exact) mass is 434 g/mol. The highest BCUT2D eigenvalue weighted by atomic mass is 16.3. The maximum atomic E-state index is 13.0. The van der Waals surface area contributed by atoms with Crippen molar-refractivity contribution in [2.75, 3.05) is 16.8 Å². The normalized spacial score (nSPS) is 17.8. The summed E-state index contributed by atoms with van der Waals surface area (Å²) in [5.41, 5.74) is 3.34. The number of anilines is 3. The average Bonchev–Trinajstić information content (AvgIpc) is 3.58. The van der Waals surface area contributed by atoms with E-state index in [1.807, 2.05) is 18.2 Å². The Hall–Kier alpha value is -3.16. The third kappa shape index (κ3) is 4.13. The minimum absolute atomic E-state index is 0.171. The van der Waals surface area contributed by atoms with Crippen molar-refractivity contribution in [1.82, 2.24) is 20.2 Å². The van der Waals surface area contributed by atoms with Crippen LogP contribution < -0.4 is 10.2 Å². The van der Waals surface area contributed by atoms with Crippen molar-refractivity contribution in [2.24, 2.45) is 0 Å². The van der Waals surface area contributed by atoms with Crippen LogP contribution in [0.4, 0.5) is 17.6 Å². The number of nitrogens with one attached hydrogen (secondary N) is 2. The molecular formula is C24H30N6O2. The van der Waals surface area contributed by atoms with E-state index in [9.17, 15) is 4.79 Å². The van der Waals surface area contributed by atoms with Gasteiger partial charge in [0.25, 0.3) is 0 Å². The van der Waals surface area contributed by atoms with Gasteiger partial charge in [0, 0.05) is 36.7 Å². The molecule has 4 heterocycles. The molecular weight excluding hydrogens is 404 g/mol. The number of carbonyl (C=O) groups excluding carboxylic acids is 1. The molecule has 8 heteroatoms. The van der Waals surface area contributed by atoms with Gasteiger partial charge in [-0.2, -0.15) is 10.1 Å². The molecule has 0 bridgehead atoms. The summed E-state index contributed by atoms with van der Waals surface area (Å²) in [4.78, 5) is 24.9. The van der Waals surface area contributed by atoms with Crippen molar-refractivity contribution >= 4 is 23.4 Å². The van der Waals surface area contributed by atoms with E-state index >= 15 is 0 Å². The molecule has 1 unspecified atom stereocenters. The number of ketones is 1. The van der Waals surface area contributed by atoms with Crippen LogP contribution in [0.15, 0.2) is 28.9 Å². The Morgan fingerprint density at radius 2 is 2.22 bits per heavy atom. The first-order valence-corrected chi connectivity index (χ1v) is 11.6. The fraction of sp³-hybridized carbons (Fsp3) is 0.500. The second kappa shape index (κ2) is 8.76. The molecule has 168 valence electrons. The Labute approximate surface area is 187 Å². The summed E-state index contributed by atoms with van der Waals surface area (Å²) in [6, 6.07) is 5.64. The van der Waals surface area contributed by atoms with E-state index in [1.165, 1.54) is 5.56 Å². The van der Waals surface area contributed by atoms with E-state index in [0.717, 1.165) is 67.4 Å². The summed E-state index contributed by atoms with van der Waals surface area (Å²) in [6.07, 6.45) is 7.55. The van der Waals surface area contributed by atoms with Crippen LogP contribution in [0.25, 0.3) is 0 Å². The number of Topliss-reactive ketones (excluding diaryl/α,β-unsaturated/α-hetero) is 1. The van der Waals surface area contributed by atoms with Crippen LogP contribution in [-0.2, 0) is 24.1 Å². The van der Waals surface area contributed by atoms with Crippen LogP contribution in [0, 0.1) is 0 Å². The van der Waals surface area contributed by atoms with Crippen LogP contribution in [0.3, 0.4) is 0 Å². The second-order valence-electron chi connectivity index (χ2n) is 9.04. The lowest BCUT2D eigenvalue weighted by Gasteiger charge is -2.25. The number of aromatic amines is 1. The molecule has 1 atom stereocenters. The zero-order chi connectivity index (χ0) is 22.1. The maximum absolute atomic E-state index is 13.0. The highest BCUT2D eigenvalue weighted by molar-refractivity contribution is 5.87. The number of carbonyl (C=O) groups is 1. The summed E-state index contributed by atoms with van der Waals surface area (Å²) in [7, 11) is 0. The molecule has 8 nitrogen and oxygen atoms in total. The third-order valence-electron chi connectivity index (χ3n) is 6.47. The van der Waals surface area contributed by atoms with Gasteiger partial charge in [-0.25, -0.2) is 4.98 Å². The van der Waals surface area contributed by atoms with E-state index in [1.54, 1.807) is 6.26 Å². The number of rotatable bonds is 8. The van der Waals surface area contributed by atoms with Crippen LogP contribution in [-0.4, -0.2) is 38.5 Å². The van der Waals surface area contributed by atoms with Gasteiger partial charge in [0.15, 0.2) is 11.6 Å². The minimum atomic E-state index is -0.171. The average molecular weight is 435 g/mol. The summed E-state index contributed by atoms with van der Waals surface area (Å²) in [6.45, 7) is 5.07. The Morgan fingerprint density at radius 1 is 1.31 bits per heavy atom. The Morgan fingerprint density at radius 3 is 3.00 bits per heavy atom. The molecule has 1 fully saturated rings. The number of aryl methyl sites for hydroxylation is 2. The molecule has 0 aromatic carbocycles. The smallest absolute Gasteiger partial charge is 0.228 e. The Kier molecular flexibility index (Phi) is 5.68. The first-order valence-electron chi connectivity index (χ1n) is 11.6. The molecule has 32 heavy (non-hydrogen) atoms. The quantitative estimate of drug-likeness (QED) is 0.545. The molecule has 2 N–H and O–H groups in total. The van der Waals surface area contributed by atoms with Crippen LogP contribution >= 0.6 is 0 Å². The lowest BCUT2D eigenvalue weighted by atomic mass is 10.0. The van der Waals surface area contributed by atoms with Crippen LogP contribution in [0.1, 0.15) is 68.2 Å². The number of hydrogen-bond donors (Lipinski definition) is 2. The lowest BCUT2D eigenvalue weighted by Crippen LogP contribution is -2.37. The summed E-state index contributed by atoms with van der Waals surface area (Å²) in [5.74, 6) is 3.69. The van der Waals surface area contributed by atoms with Gasteiger partial charge in [0.05, 0.1) is 18.0 Å². The SMILES string of the molecule is CC(C)c1cc(Nc2nc(N3CCCC3C(=O)CCc3ccco3)nc3c2CCC3)n[nH]1. The van der Waals surface area contributed by atoms with Crippen molar-refractivity contribution in [3.8, 4) is 0 Å². The molecule has 1 aliphatic heterocycles.